The topological polar surface area (TPSA) is 109 Å². The Bertz CT molecular complexity index is 836. The van der Waals surface area contributed by atoms with E-state index < -0.39 is 11.0 Å². The molecular weight excluding hydrogens is 523 g/mol. The lowest BCUT2D eigenvalue weighted by atomic mass is 10.1. The van der Waals surface area contributed by atoms with Crippen LogP contribution in [-0.4, -0.2) is 41.8 Å². The summed E-state index contributed by atoms with van der Waals surface area (Å²) in [5.74, 6) is 1.01. The van der Waals surface area contributed by atoms with Crippen LogP contribution in [0.5, 0.6) is 5.75 Å². The van der Waals surface area contributed by atoms with Gasteiger partial charge in [0, 0.05) is 23.7 Å². The average molecular weight is 549 g/mol. The van der Waals surface area contributed by atoms with Gasteiger partial charge >= 0.3 is 0 Å². The lowest BCUT2D eigenvalue weighted by Crippen LogP contribution is -2.39. The van der Waals surface area contributed by atoms with Crippen molar-refractivity contribution >= 4 is 47.2 Å². The first-order chi connectivity index (χ1) is 13.9. The van der Waals surface area contributed by atoms with Gasteiger partial charge in [-0.2, -0.15) is 0 Å². The third-order valence-corrected chi connectivity index (χ3v) is 4.23. The van der Waals surface area contributed by atoms with Gasteiger partial charge in [-0.3, -0.25) is 15.1 Å². The van der Waals surface area contributed by atoms with Crippen LogP contribution in [-0.2, 0) is 0 Å². The predicted molar refractivity (Wildman–Crippen MR) is 129 cm³/mol. The molecular formula is C20H26ClIN4O4. The zero-order chi connectivity index (χ0) is 21.2. The summed E-state index contributed by atoms with van der Waals surface area (Å²) in [6.45, 7) is 4.76. The highest BCUT2D eigenvalue weighted by molar-refractivity contribution is 14.0. The largest absolute Gasteiger partial charge is 0.491 e. The van der Waals surface area contributed by atoms with E-state index in [9.17, 15) is 15.2 Å². The van der Waals surface area contributed by atoms with Gasteiger partial charge in [0.25, 0.3) is 5.69 Å². The maximum absolute atomic E-state index is 10.7. The number of guanidine groups is 1. The summed E-state index contributed by atoms with van der Waals surface area (Å²) in [7, 11) is 0. The highest BCUT2D eigenvalue weighted by atomic mass is 127. The monoisotopic (exact) mass is 548 g/mol. The van der Waals surface area contributed by atoms with E-state index in [1.807, 2.05) is 38.1 Å². The Morgan fingerprint density at radius 2 is 2.00 bits per heavy atom. The number of aliphatic hydroxyl groups is 1. The first-order valence-corrected chi connectivity index (χ1v) is 9.62. The van der Waals surface area contributed by atoms with E-state index in [1.54, 1.807) is 0 Å². The van der Waals surface area contributed by atoms with Crippen molar-refractivity contribution < 1.29 is 14.8 Å². The van der Waals surface area contributed by atoms with Crippen LogP contribution in [0.4, 0.5) is 5.69 Å². The van der Waals surface area contributed by atoms with Gasteiger partial charge in [-0.15, -0.1) is 24.0 Å². The molecule has 2 rings (SSSR count). The SMILES string of the molecule is CCNC(=NCC(O)COc1ccc([N+](=O)[O-])cc1)NC(C)c1cccc(Cl)c1.I. The van der Waals surface area contributed by atoms with Crippen LogP contribution < -0.4 is 15.4 Å². The summed E-state index contributed by atoms with van der Waals surface area (Å²) in [5, 5.41) is 27.9. The summed E-state index contributed by atoms with van der Waals surface area (Å²) in [5.41, 5.74) is 1.00. The van der Waals surface area contributed by atoms with Crippen molar-refractivity contribution in [3.8, 4) is 5.75 Å². The molecule has 8 nitrogen and oxygen atoms in total. The number of ether oxygens (including phenoxy) is 1. The summed E-state index contributed by atoms with van der Waals surface area (Å²) >= 11 is 6.04. The van der Waals surface area contributed by atoms with Crippen LogP contribution in [0.1, 0.15) is 25.5 Å². The molecule has 3 N–H and O–H groups in total. The number of halogens is 2. The van der Waals surface area contributed by atoms with Gasteiger partial charge in [-0.05, 0) is 43.7 Å². The Morgan fingerprint density at radius 3 is 2.60 bits per heavy atom. The fourth-order valence-electron chi connectivity index (χ4n) is 2.49. The third-order valence-electron chi connectivity index (χ3n) is 4.00. The molecule has 0 aliphatic heterocycles. The van der Waals surface area contributed by atoms with Crippen LogP contribution in [0.15, 0.2) is 53.5 Å². The van der Waals surface area contributed by atoms with Gasteiger partial charge in [0.1, 0.15) is 18.5 Å². The summed E-state index contributed by atoms with van der Waals surface area (Å²) in [6.07, 6.45) is -0.831. The maximum atomic E-state index is 10.7. The second-order valence-corrected chi connectivity index (χ2v) is 6.79. The number of nitrogens with one attached hydrogen (secondary N) is 2. The van der Waals surface area contributed by atoms with Gasteiger partial charge in [0.05, 0.1) is 17.5 Å². The van der Waals surface area contributed by atoms with Crippen LogP contribution in [0, 0.1) is 10.1 Å². The van der Waals surface area contributed by atoms with E-state index >= 15 is 0 Å². The van der Waals surface area contributed by atoms with Gasteiger partial charge in [-0.1, -0.05) is 23.7 Å². The molecule has 0 aromatic heterocycles. The van der Waals surface area contributed by atoms with Crippen molar-refractivity contribution in [1.82, 2.24) is 10.6 Å². The number of rotatable bonds is 9. The number of non-ortho nitro benzene ring substituents is 1. The van der Waals surface area contributed by atoms with E-state index in [0.717, 1.165) is 5.56 Å². The molecule has 0 saturated heterocycles. The molecule has 0 amide bonds. The molecule has 0 fully saturated rings. The molecule has 0 spiro atoms. The quantitative estimate of drug-likeness (QED) is 0.144. The number of aliphatic imine (C=N–C) groups is 1. The van der Waals surface area contributed by atoms with E-state index in [-0.39, 0.29) is 48.9 Å². The molecule has 10 heteroatoms. The second kappa shape index (κ2) is 13.2. The number of hydrogen-bond acceptors (Lipinski definition) is 5. The van der Waals surface area contributed by atoms with Crippen molar-refractivity contribution in [3.05, 3.63) is 69.2 Å². The lowest BCUT2D eigenvalue weighted by Gasteiger charge is -2.19. The Kier molecular flexibility index (Phi) is 11.4. The van der Waals surface area contributed by atoms with Crippen molar-refractivity contribution in [2.75, 3.05) is 19.7 Å². The zero-order valence-corrected chi connectivity index (χ0v) is 19.8. The summed E-state index contributed by atoms with van der Waals surface area (Å²) in [4.78, 5) is 14.6. The molecule has 0 aliphatic rings. The Hall–Kier alpha value is -2.11. The Balaban J connectivity index is 0.00000450. The van der Waals surface area contributed by atoms with E-state index in [0.29, 0.717) is 23.3 Å². The van der Waals surface area contributed by atoms with Gasteiger partial charge in [-0.25, -0.2) is 0 Å². The van der Waals surface area contributed by atoms with Gasteiger partial charge in [0.2, 0.25) is 0 Å². The molecule has 0 bridgehead atoms. The van der Waals surface area contributed by atoms with Crippen LogP contribution in [0.3, 0.4) is 0 Å². The van der Waals surface area contributed by atoms with E-state index in [1.165, 1.54) is 24.3 Å². The first kappa shape index (κ1) is 25.9. The maximum Gasteiger partial charge on any atom is 0.269 e. The van der Waals surface area contributed by atoms with Crippen LogP contribution in [0.2, 0.25) is 5.02 Å². The van der Waals surface area contributed by atoms with Crippen molar-refractivity contribution in [2.24, 2.45) is 4.99 Å². The van der Waals surface area contributed by atoms with Gasteiger partial charge in [0.15, 0.2) is 5.96 Å². The molecule has 0 heterocycles. The fraction of sp³-hybridized carbons (Fsp3) is 0.350. The predicted octanol–water partition coefficient (Wildman–Crippen LogP) is 3.92. The second-order valence-electron chi connectivity index (χ2n) is 6.36. The molecule has 2 unspecified atom stereocenters. The van der Waals surface area contributed by atoms with Crippen molar-refractivity contribution in [3.63, 3.8) is 0 Å². The number of aliphatic hydroxyl groups excluding tert-OH is 1. The van der Waals surface area contributed by atoms with Crippen molar-refractivity contribution in [2.45, 2.75) is 26.0 Å². The van der Waals surface area contributed by atoms with Gasteiger partial charge < -0.3 is 20.5 Å². The summed E-state index contributed by atoms with van der Waals surface area (Å²) < 4.78 is 5.46. The first-order valence-electron chi connectivity index (χ1n) is 9.24. The smallest absolute Gasteiger partial charge is 0.269 e. The normalized spacial score (nSPS) is 13.0. The Labute approximate surface area is 197 Å². The third kappa shape index (κ3) is 8.72. The zero-order valence-electron chi connectivity index (χ0n) is 16.7. The molecule has 2 atom stereocenters. The number of hydrogen-bond donors (Lipinski definition) is 3. The minimum absolute atomic E-state index is 0. The number of benzene rings is 2. The summed E-state index contributed by atoms with van der Waals surface area (Å²) in [6, 6.07) is 13.2. The molecule has 0 radical (unpaired) electrons. The van der Waals surface area contributed by atoms with Crippen LogP contribution in [0.25, 0.3) is 0 Å². The molecule has 30 heavy (non-hydrogen) atoms. The molecule has 0 saturated carbocycles. The minimum atomic E-state index is -0.831. The van der Waals surface area contributed by atoms with Crippen LogP contribution >= 0.6 is 35.6 Å². The fourth-order valence-corrected chi connectivity index (χ4v) is 2.69. The standard InChI is InChI=1S/C20H25ClN4O4.HI/c1-3-22-20(24-14(2)15-5-4-6-16(21)11-15)23-12-18(26)13-29-19-9-7-17(8-10-19)25(27)28;/h4-11,14,18,26H,3,12-13H2,1-2H3,(H2,22,23,24);1H. The number of nitro benzene ring substituents is 1. The highest BCUT2D eigenvalue weighted by Crippen LogP contribution is 2.18. The van der Waals surface area contributed by atoms with E-state index in [2.05, 4.69) is 15.6 Å². The molecule has 164 valence electrons. The minimum Gasteiger partial charge on any atom is -0.491 e. The molecule has 2 aromatic rings. The lowest BCUT2D eigenvalue weighted by molar-refractivity contribution is -0.384. The number of nitro groups is 1. The number of nitrogens with zero attached hydrogens (tertiary/aromatic N) is 2. The average Bonchev–Trinajstić information content (AvgIpc) is 2.70. The van der Waals surface area contributed by atoms with E-state index in [4.69, 9.17) is 16.3 Å². The highest BCUT2D eigenvalue weighted by Gasteiger charge is 2.11. The molecule has 0 aliphatic carbocycles. The van der Waals surface area contributed by atoms with Crippen molar-refractivity contribution in [1.29, 1.82) is 0 Å². The molecule has 2 aromatic carbocycles. The Morgan fingerprint density at radius 1 is 1.30 bits per heavy atom.